The normalized spacial score (nSPS) is 15.1. The van der Waals surface area contributed by atoms with Crippen LogP contribution in [0, 0.1) is 12.8 Å². The molecule has 2 rings (SSSR count). The van der Waals surface area contributed by atoms with Crippen molar-refractivity contribution in [1.29, 1.82) is 0 Å². The molecule has 0 radical (unpaired) electrons. The number of ether oxygens (including phenoxy) is 2. The van der Waals surface area contributed by atoms with Gasteiger partial charge in [0.05, 0.1) is 5.92 Å². The summed E-state index contributed by atoms with van der Waals surface area (Å²) in [7, 11) is 0. The van der Waals surface area contributed by atoms with Gasteiger partial charge in [0.1, 0.15) is 5.60 Å². The highest BCUT2D eigenvalue weighted by Gasteiger charge is 2.30. The Balaban J connectivity index is 1.69. The van der Waals surface area contributed by atoms with Gasteiger partial charge in [-0.2, -0.15) is 0 Å². The van der Waals surface area contributed by atoms with Crippen molar-refractivity contribution >= 4 is 18.0 Å². The van der Waals surface area contributed by atoms with Crippen LogP contribution in [-0.4, -0.2) is 48.2 Å². The smallest absolute Gasteiger partial charge is 0.410 e. The van der Waals surface area contributed by atoms with Gasteiger partial charge < -0.3 is 19.7 Å². The van der Waals surface area contributed by atoms with Crippen molar-refractivity contribution in [2.24, 2.45) is 5.92 Å². The number of carbonyl (C=O) groups excluding carboxylic acids is 3. The zero-order chi connectivity index (χ0) is 20.7. The molecule has 0 aromatic heterocycles. The summed E-state index contributed by atoms with van der Waals surface area (Å²) in [6.45, 7) is 8.42. The van der Waals surface area contributed by atoms with Crippen LogP contribution in [0.15, 0.2) is 24.3 Å². The molecule has 1 aromatic carbocycles. The first-order valence-electron chi connectivity index (χ1n) is 9.61. The number of benzene rings is 1. The fourth-order valence-electron chi connectivity index (χ4n) is 2.93. The second-order valence-electron chi connectivity index (χ2n) is 8.05. The minimum absolute atomic E-state index is 0.295. The Morgan fingerprint density at radius 3 is 2.39 bits per heavy atom. The van der Waals surface area contributed by atoms with Crippen LogP contribution in [0.3, 0.4) is 0 Å². The van der Waals surface area contributed by atoms with Crippen LogP contribution in [0.25, 0.3) is 0 Å². The van der Waals surface area contributed by atoms with Gasteiger partial charge in [0.15, 0.2) is 6.61 Å². The number of nitrogens with zero attached hydrogens (tertiary/aromatic N) is 1. The zero-order valence-corrected chi connectivity index (χ0v) is 17.1. The van der Waals surface area contributed by atoms with Crippen molar-refractivity contribution in [2.45, 2.75) is 52.7 Å². The van der Waals surface area contributed by atoms with Gasteiger partial charge in [-0.3, -0.25) is 9.59 Å². The first-order chi connectivity index (χ1) is 13.2. The van der Waals surface area contributed by atoms with E-state index in [0.29, 0.717) is 32.5 Å². The molecular weight excluding hydrogens is 360 g/mol. The molecule has 0 spiro atoms. The highest BCUT2D eigenvalue weighted by atomic mass is 16.6. The number of carbonyl (C=O) groups is 3. The lowest BCUT2D eigenvalue weighted by Gasteiger charge is -2.32. The maximum Gasteiger partial charge on any atom is 0.410 e. The second-order valence-corrected chi connectivity index (χ2v) is 8.05. The van der Waals surface area contributed by atoms with Crippen molar-refractivity contribution < 1.29 is 23.9 Å². The maximum absolute atomic E-state index is 12.2. The molecule has 1 aliphatic rings. The van der Waals surface area contributed by atoms with E-state index in [9.17, 15) is 14.4 Å². The lowest BCUT2D eigenvalue weighted by Crippen LogP contribution is -2.43. The molecule has 7 heteroatoms. The lowest BCUT2D eigenvalue weighted by atomic mass is 9.97. The molecule has 0 saturated carbocycles. The van der Waals surface area contributed by atoms with Crippen LogP contribution >= 0.6 is 0 Å². The van der Waals surface area contributed by atoms with Gasteiger partial charge >= 0.3 is 12.1 Å². The summed E-state index contributed by atoms with van der Waals surface area (Å²) < 4.78 is 10.5. The third-order valence-corrected chi connectivity index (χ3v) is 4.56. The maximum atomic E-state index is 12.2. The van der Waals surface area contributed by atoms with Crippen LogP contribution in [0.4, 0.5) is 4.79 Å². The summed E-state index contributed by atoms with van der Waals surface area (Å²) in [6, 6.07) is 7.78. The largest absolute Gasteiger partial charge is 0.455 e. The molecule has 1 fully saturated rings. The van der Waals surface area contributed by atoms with Gasteiger partial charge in [0, 0.05) is 19.6 Å². The summed E-state index contributed by atoms with van der Waals surface area (Å²) in [5.74, 6) is -1.03. The predicted molar refractivity (Wildman–Crippen MR) is 105 cm³/mol. The van der Waals surface area contributed by atoms with E-state index < -0.39 is 11.6 Å². The van der Waals surface area contributed by atoms with Crippen molar-refractivity contribution in [1.82, 2.24) is 10.2 Å². The molecule has 0 atom stereocenters. The fraction of sp³-hybridized carbons (Fsp3) is 0.571. The van der Waals surface area contributed by atoms with Crippen LogP contribution < -0.4 is 5.32 Å². The van der Waals surface area contributed by atoms with E-state index >= 15 is 0 Å². The highest BCUT2D eigenvalue weighted by molar-refractivity contribution is 5.81. The Labute approximate surface area is 166 Å². The third kappa shape index (κ3) is 6.87. The van der Waals surface area contributed by atoms with E-state index in [2.05, 4.69) is 5.32 Å². The molecule has 2 amide bonds. The van der Waals surface area contributed by atoms with E-state index in [1.54, 1.807) is 4.90 Å². The summed E-state index contributed by atoms with van der Waals surface area (Å²) in [5, 5.41) is 2.76. The third-order valence-electron chi connectivity index (χ3n) is 4.56. The molecule has 0 aliphatic carbocycles. The van der Waals surface area contributed by atoms with E-state index in [1.165, 1.54) is 0 Å². The van der Waals surface area contributed by atoms with Crippen LogP contribution in [0.1, 0.15) is 44.7 Å². The molecule has 1 heterocycles. The van der Waals surface area contributed by atoms with Crippen molar-refractivity contribution in [3.05, 3.63) is 35.4 Å². The monoisotopic (exact) mass is 390 g/mol. The SMILES string of the molecule is Cc1ccccc1CNC(=O)COC(=O)C1CCN(C(=O)OC(C)(C)C)CC1. The van der Waals surface area contributed by atoms with Gasteiger partial charge in [-0.05, 0) is 51.7 Å². The van der Waals surface area contributed by atoms with E-state index in [0.717, 1.165) is 11.1 Å². The van der Waals surface area contributed by atoms with Gasteiger partial charge in [-0.15, -0.1) is 0 Å². The lowest BCUT2D eigenvalue weighted by molar-refractivity contribution is -0.154. The Morgan fingerprint density at radius 2 is 1.79 bits per heavy atom. The average Bonchev–Trinajstić information content (AvgIpc) is 2.64. The van der Waals surface area contributed by atoms with Crippen LogP contribution in [-0.2, 0) is 25.6 Å². The van der Waals surface area contributed by atoms with Gasteiger partial charge in [-0.1, -0.05) is 24.3 Å². The number of esters is 1. The number of rotatable bonds is 5. The average molecular weight is 390 g/mol. The Morgan fingerprint density at radius 1 is 1.14 bits per heavy atom. The Kier molecular flexibility index (Phi) is 7.43. The quantitative estimate of drug-likeness (QED) is 0.782. The molecule has 0 bridgehead atoms. The number of amides is 2. The van der Waals surface area contributed by atoms with Gasteiger partial charge in [-0.25, -0.2) is 4.79 Å². The van der Waals surface area contributed by atoms with Crippen LogP contribution in [0.2, 0.25) is 0 Å². The van der Waals surface area contributed by atoms with Gasteiger partial charge in [0.25, 0.3) is 5.91 Å². The number of hydrogen-bond donors (Lipinski definition) is 1. The molecular formula is C21H30N2O5. The topological polar surface area (TPSA) is 84.9 Å². The van der Waals surface area contributed by atoms with E-state index in [1.807, 2.05) is 52.0 Å². The van der Waals surface area contributed by atoms with Crippen molar-refractivity contribution in [3.63, 3.8) is 0 Å². The van der Waals surface area contributed by atoms with Gasteiger partial charge in [0.2, 0.25) is 0 Å². The molecule has 28 heavy (non-hydrogen) atoms. The Hall–Kier alpha value is -2.57. The molecule has 0 unspecified atom stereocenters. The van der Waals surface area contributed by atoms with Crippen molar-refractivity contribution in [3.8, 4) is 0 Å². The summed E-state index contributed by atoms with van der Waals surface area (Å²) in [4.78, 5) is 37.8. The first-order valence-corrected chi connectivity index (χ1v) is 9.61. The van der Waals surface area contributed by atoms with E-state index in [4.69, 9.17) is 9.47 Å². The Bertz CT molecular complexity index is 703. The molecule has 1 N–H and O–H groups in total. The molecule has 1 saturated heterocycles. The summed E-state index contributed by atoms with van der Waals surface area (Å²) >= 11 is 0. The highest BCUT2D eigenvalue weighted by Crippen LogP contribution is 2.20. The zero-order valence-electron chi connectivity index (χ0n) is 17.1. The van der Waals surface area contributed by atoms with E-state index in [-0.39, 0.29) is 24.5 Å². The minimum atomic E-state index is -0.543. The molecule has 7 nitrogen and oxygen atoms in total. The van der Waals surface area contributed by atoms with Crippen molar-refractivity contribution in [2.75, 3.05) is 19.7 Å². The predicted octanol–water partition coefficient (Wildman–Crippen LogP) is 2.80. The first kappa shape index (κ1) is 21.7. The number of piperidine rings is 1. The minimum Gasteiger partial charge on any atom is -0.455 e. The summed E-state index contributed by atoms with van der Waals surface area (Å²) in [5.41, 5.74) is 1.58. The molecule has 1 aromatic rings. The number of nitrogens with one attached hydrogen (secondary N) is 1. The summed E-state index contributed by atoms with van der Waals surface area (Å²) in [6.07, 6.45) is 0.640. The fourth-order valence-corrected chi connectivity index (χ4v) is 2.93. The standard InChI is InChI=1S/C21H30N2O5/c1-15-7-5-6-8-17(15)13-22-18(24)14-27-19(25)16-9-11-23(12-10-16)20(26)28-21(2,3)4/h5-8,16H,9-14H2,1-4H3,(H,22,24). The number of aryl methyl sites for hydroxylation is 1. The molecule has 1 aliphatic heterocycles. The molecule has 154 valence electrons. The number of likely N-dealkylation sites (tertiary alicyclic amines) is 1. The second kappa shape index (κ2) is 9.57. The number of hydrogen-bond acceptors (Lipinski definition) is 5. The van der Waals surface area contributed by atoms with Crippen LogP contribution in [0.5, 0.6) is 0 Å².